The van der Waals surface area contributed by atoms with E-state index in [-0.39, 0.29) is 12.6 Å². The summed E-state index contributed by atoms with van der Waals surface area (Å²) in [7, 11) is -10.3. The summed E-state index contributed by atoms with van der Waals surface area (Å²) in [5.41, 5.74) is -2.83. The van der Waals surface area contributed by atoms with Gasteiger partial charge in [0.25, 0.3) is 5.91 Å². The average Bonchev–Trinajstić information content (AvgIpc) is 2.81. The number of nitrogens with zero attached hydrogens (tertiary/aromatic N) is 3. The molecule has 5 nitrogen and oxygen atoms in total. The molecule has 1 aliphatic rings. The van der Waals surface area contributed by atoms with E-state index in [0.717, 1.165) is 17.0 Å². The molecular formula is C19H15BrF5N3O2S. The molecule has 166 valence electrons. The maximum atomic E-state index is 13.5. The van der Waals surface area contributed by atoms with Gasteiger partial charge in [0, 0.05) is 11.0 Å². The fourth-order valence-electron chi connectivity index (χ4n) is 3.19. The second-order valence-electron chi connectivity index (χ2n) is 7.42. The topological polar surface area (TPSA) is 64.4 Å². The van der Waals surface area contributed by atoms with Crippen molar-refractivity contribution in [3.63, 3.8) is 0 Å². The SMILES string of the molecule is CC1(C)C(=O)N(c2ccc(C#N)c(S(F)(F)(F)(F)F)c2)C(=O)N1Cc1ccccc1Br. The van der Waals surface area contributed by atoms with Gasteiger partial charge in [-0.15, -0.1) is 0 Å². The minimum Gasteiger partial charge on any atom is -0.305 e. The predicted molar refractivity (Wildman–Crippen MR) is 109 cm³/mol. The Morgan fingerprint density at radius 2 is 1.68 bits per heavy atom. The van der Waals surface area contributed by atoms with Gasteiger partial charge in [0.05, 0.1) is 11.3 Å². The van der Waals surface area contributed by atoms with Crippen molar-refractivity contribution < 1.29 is 29.0 Å². The van der Waals surface area contributed by atoms with Crippen LogP contribution in [0.4, 0.5) is 29.9 Å². The maximum Gasteiger partial charge on any atom is 0.332 e. The molecule has 2 aromatic rings. The van der Waals surface area contributed by atoms with Crippen LogP contribution in [0.5, 0.6) is 0 Å². The molecule has 1 saturated heterocycles. The highest BCUT2D eigenvalue weighted by Gasteiger charge is 2.67. The second-order valence-corrected chi connectivity index (χ2v) is 10.7. The molecule has 0 N–H and O–H groups in total. The molecule has 0 radical (unpaired) electrons. The number of imide groups is 1. The number of urea groups is 1. The summed E-state index contributed by atoms with van der Waals surface area (Å²) in [6.07, 6.45) is 0. The molecular weight excluding hydrogens is 509 g/mol. The van der Waals surface area contributed by atoms with Crippen LogP contribution in [0.1, 0.15) is 25.0 Å². The minimum absolute atomic E-state index is 0.0199. The first-order chi connectivity index (χ1) is 14.0. The van der Waals surface area contributed by atoms with Crippen molar-refractivity contribution in [1.82, 2.24) is 4.90 Å². The molecule has 0 spiro atoms. The third-order valence-electron chi connectivity index (χ3n) is 4.87. The molecule has 2 aromatic carbocycles. The summed E-state index contributed by atoms with van der Waals surface area (Å²) in [4.78, 5) is 25.1. The molecule has 0 bridgehead atoms. The van der Waals surface area contributed by atoms with Gasteiger partial charge in [0.15, 0.2) is 0 Å². The fraction of sp³-hybridized carbons (Fsp3) is 0.211. The van der Waals surface area contributed by atoms with Gasteiger partial charge in [-0.05, 0) is 43.7 Å². The number of amides is 3. The highest BCUT2D eigenvalue weighted by atomic mass is 79.9. The van der Waals surface area contributed by atoms with Crippen LogP contribution in [0, 0.1) is 11.3 Å². The van der Waals surface area contributed by atoms with Crippen LogP contribution in [-0.4, -0.2) is 22.4 Å². The molecule has 1 aliphatic heterocycles. The van der Waals surface area contributed by atoms with Gasteiger partial charge < -0.3 is 4.90 Å². The van der Waals surface area contributed by atoms with E-state index in [2.05, 4.69) is 15.9 Å². The van der Waals surface area contributed by atoms with Gasteiger partial charge in [0.2, 0.25) is 0 Å². The van der Waals surface area contributed by atoms with Crippen LogP contribution in [0.25, 0.3) is 0 Å². The molecule has 0 saturated carbocycles. The van der Waals surface area contributed by atoms with Crippen molar-refractivity contribution in [2.24, 2.45) is 0 Å². The van der Waals surface area contributed by atoms with Gasteiger partial charge in [0.1, 0.15) is 16.5 Å². The van der Waals surface area contributed by atoms with Crippen molar-refractivity contribution in [2.75, 3.05) is 4.90 Å². The quantitative estimate of drug-likeness (QED) is 0.329. The van der Waals surface area contributed by atoms with E-state index in [1.165, 1.54) is 13.8 Å². The van der Waals surface area contributed by atoms with Crippen LogP contribution >= 0.6 is 26.2 Å². The Kier molecular flexibility index (Phi) is 4.77. The number of nitriles is 1. The van der Waals surface area contributed by atoms with E-state index < -0.39 is 43.8 Å². The minimum atomic E-state index is -10.3. The Morgan fingerprint density at radius 1 is 1.06 bits per heavy atom. The molecule has 3 rings (SSSR count). The third-order valence-corrected chi connectivity index (χ3v) is 6.81. The summed E-state index contributed by atoms with van der Waals surface area (Å²) < 4.78 is 68.0. The Morgan fingerprint density at radius 3 is 2.23 bits per heavy atom. The van der Waals surface area contributed by atoms with E-state index in [4.69, 9.17) is 5.26 Å². The highest BCUT2D eigenvalue weighted by molar-refractivity contribution is 9.10. The third kappa shape index (κ3) is 4.12. The van der Waals surface area contributed by atoms with E-state index in [9.17, 15) is 29.0 Å². The first-order valence-electron chi connectivity index (χ1n) is 8.65. The molecule has 1 fully saturated rings. The smallest absolute Gasteiger partial charge is 0.305 e. The molecule has 1 heterocycles. The lowest BCUT2D eigenvalue weighted by molar-refractivity contribution is -0.123. The van der Waals surface area contributed by atoms with Crippen molar-refractivity contribution >= 4 is 43.8 Å². The van der Waals surface area contributed by atoms with Crippen LogP contribution in [0.3, 0.4) is 0 Å². The Bertz CT molecular complexity index is 1160. The molecule has 0 unspecified atom stereocenters. The summed E-state index contributed by atoms with van der Waals surface area (Å²) in [5, 5.41) is 8.86. The van der Waals surface area contributed by atoms with E-state index in [1.54, 1.807) is 24.3 Å². The lowest BCUT2D eigenvalue weighted by atomic mass is 10.0. The molecule has 0 atom stereocenters. The molecule has 12 heteroatoms. The average molecular weight is 524 g/mol. The number of hydrogen-bond acceptors (Lipinski definition) is 3. The molecule has 0 aliphatic carbocycles. The first kappa shape index (κ1) is 23.0. The molecule has 3 amide bonds. The van der Waals surface area contributed by atoms with Gasteiger partial charge in [-0.25, -0.2) is 9.69 Å². The summed E-state index contributed by atoms with van der Waals surface area (Å²) in [6, 6.07) is 8.32. The van der Waals surface area contributed by atoms with E-state index >= 15 is 0 Å². The molecule has 31 heavy (non-hydrogen) atoms. The number of carbonyl (C=O) groups excluding carboxylic acids is 2. The van der Waals surface area contributed by atoms with Gasteiger partial charge in [-0.1, -0.05) is 53.6 Å². The van der Waals surface area contributed by atoms with Crippen LogP contribution in [-0.2, 0) is 11.3 Å². The van der Waals surface area contributed by atoms with E-state index in [0.29, 0.717) is 21.0 Å². The summed E-state index contributed by atoms with van der Waals surface area (Å²) in [6.45, 7) is 2.75. The van der Waals surface area contributed by atoms with Gasteiger partial charge >= 0.3 is 16.3 Å². The fourth-order valence-corrected chi connectivity index (χ4v) is 4.47. The standard InChI is InChI=1S/C19H15BrF5N3O2S/c1-19(2)17(29)28(18(30)27(19)11-13-5-3-4-6-15(13)20)14-8-7-12(10-26)16(9-14)31(21,22,23,24)25/h3-9H,11H2,1-2H3. The Balaban J connectivity index is 2.11. The monoisotopic (exact) mass is 523 g/mol. The zero-order valence-corrected chi connectivity index (χ0v) is 18.5. The Labute approximate surface area is 182 Å². The Hall–Kier alpha value is -2.65. The largest absolute Gasteiger partial charge is 0.332 e. The van der Waals surface area contributed by atoms with Crippen molar-refractivity contribution in [3.8, 4) is 6.07 Å². The predicted octanol–water partition coefficient (Wildman–Crippen LogP) is 6.73. The lowest BCUT2D eigenvalue weighted by Crippen LogP contribution is -2.43. The highest BCUT2D eigenvalue weighted by Crippen LogP contribution is 3.02. The maximum absolute atomic E-state index is 13.5. The number of carbonyl (C=O) groups is 2. The van der Waals surface area contributed by atoms with Crippen LogP contribution in [0.2, 0.25) is 0 Å². The van der Waals surface area contributed by atoms with Crippen LogP contribution in [0.15, 0.2) is 51.8 Å². The molecule has 0 aromatic heterocycles. The first-order valence-corrected chi connectivity index (χ1v) is 11.4. The lowest BCUT2D eigenvalue weighted by Gasteiger charge is -2.41. The summed E-state index contributed by atoms with van der Waals surface area (Å²) in [5.74, 6) is -0.887. The van der Waals surface area contributed by atoms with Gasteiger partial charge in [-0.3, -0.25) is 4.79 Å². The number of benzene rings is 2. The van der Waals surface area contributed by atoms with Crippen molar-refractivity contribution in [3.05, 3.63) is 58.1 Å². The van der Waals surface area contributed by atoms with Crippen LogP contribution < -0.4 is 4.90 Å². The van der Waals surface area contributed by atoms with Crippen molar-refractivity contribution in [1.29, 1.82) is 5.26 Å². The van der Waals surface area contributed by atoms with E-state index in [1.807, 2.05) is 0 Å². The van der Waals surface area contributed by atoms with Crippen molar-refractivity contribution in [2.45, 2.75) is 30.8 Å². The zero-order valence-electron chi connectivity index (χ0n) is 16.1. The van der Waals surface area contributed by atoms with Gasteiger partial charge in [-0.2, -0.15) is 5.26 Å². The normalized spacial score (nSPS) is 18.5. The number of anilines is 1. The number of rotatable bonds is 4. The number of hydrogen-bond donors (Lipinski definition) is 0. The second kappa shape index (κ2) is 6.43. The number of halogens is 6. The summed E-state index contributed by atoms with van der Waals surface area (Å²) >= 11 is 3.32. The zero-order chi connectivity index (χ0) is 23.5.